The number of ether oxygens (including phenoxy) is 1. The number of allylic oxidation sites excluding steroid dienone is 1. The van der Waals surface area contributed by atoms with Crippen molar-refractivity contribution >= 4 is 7.82 Å². The maximum atomic E-state index is 11.2. The summed E-state index contributed by atoms with van der Waals surface area (Å²) < 4.78 is 30.6. The maximum Gasteiger partial charge on any atom is 0.486 e. The van der Waals surface area contributed by atoms with E-state index in [-0.39, 0.29) is 6.61 Å². The molecule has 3 rings (SSSR count). The zero-order chi connectivity index (χ0) is 10.4. The van der Waals surface area contributed by atoms with E-state index in [1.165, 1.54) is 6.92 Å². The van der Waals surface area contributed by atoms with Crippen LogP contribution in [-0.2, 0) is 22.9 Å². The molecule has 80 valence electrons. The molecule has 14 heavy (non-hydrogen) atoms. The molecular formula is C7H11O6P. The van der Waals surface area contributed by atoms with Crippen molar-refractivity contribution in [1.29, 1.82) is 0 Å². The Labute approximate surface area is 81.0 Å². The molecule has 1 N–H and O–H groups in total. The Morgan fingerprint density at radius 3 is 2.57 bits per heavy atom. The molecule has 2 bridgehead atoms. The first-order valence-electron chi connectivity index (χ1n) is 4.13. The largest absolute Gasteiger partial charge is 0.486 e. The van der Waals surface area contributed by atoms with E-state index in [1.54, 1.807) is 12.2 Å². The van der Waals surface area contributed by atoms with Crippen molar-refractivity contribution in [2.75, 3.05) is 6.61 Å². The van der Waals surface area contributed by atoms with Crippen LogP contribution in [0.3, 0.4) is 0 Å². The topological polar surface area (TPSA) is 74.2 Å². The highest BCUT2D eigenvalue weighted by Gasteiger charge is 2.79. The number of hydrogen-bond acceptors (Lipinski definition) is 6. The molecule has 0 aromatic rings. The summed E-state index contributed by atoms with van der Waals surface area (Å²) in [6.07, 6.45) is 3.46. The molecule has 0 aliphatic carbocycles. The zero-order valence-corrected chi connectivity index (χ0v) is 8.69. The molecule has 0 saturated carbocycles. The van der Waals surface area contributed by atoms with Gasteiger partial charge in [0.05, 0.1) is 6.61 Å². The second-order valence-corrected chi connectivity index (χ2v) is 4.58. The number of phosphoric ester groups is 1. The first kappa shape index (κ1) is 10.3. The van der Waals surface area contributed by atoms with Crippen LogP contribution in [0.4, 0.5) is 0 Å². The summed E-state index contributed by atoms with van der Waals surface area (Å²) in [5.41, 5.74) is 0. The van der Waals surface area contributed by atoms with Crippen molar-refractivity contribution in [3.05, 3.63) is 12.2 Å². The smallest absolute Gasteiger partial charge is 0.359 e. The average molecular weight is 222 g/mol. The van der Waals surface area contributed by atoms with E-state index < -0.39 is 19.6 Å². The Morgan fingerprint density at radius 2 is 2.14 bits per heavy atom. The Hall–Kier alpha value is -0.230. The summed E-state index contributed by atoms with van der Waals surface area (Å²) in [6, 6.07) is 0. The lowest BCUT2D eigenvalue weighted by Gasteiger charge is -2.35. The summed E-state index contributed by atoms with van der Waals surface area (Å²) in [5, 5.41) is 9.63. The Bertz CT molecular complexity index is 312. The molecule has 3 aliphatic rings. The van der Waals surface area contributed by atoms with Gasteiger partial charge < -0.3 is 9.84 Å². The van der Waals surface area contributed by atoms with Crippen LogP contribution in [0.15, 0.2) is 12.2 Å². The average Bonchev–Trinajstić information content (AvgIpc) is 2.29. The molecule has 3 fully saturated rings. The normalized spacial score (nSPS) is 51.1. The summed E-state index contributed by atoms with van der Waals surface area (Å²) in [7, 11) is -3.53. The molecule has 3 heterocycles. The number of aliphatic hydroxyl groups is 1. The molecule has 1 unspecified atom stereocenters. The van der Waals surface area contributed by atoms with Crippen LogP contribution in [0.2, 0.25) is 0 Å². The molecular weight excluding hydrogens is 211 g/mol. The highest BCUT2D eigenvalue weighted by atomic mass is 31.2. The highest BCUT2D eigenvalue weighted by molar-refractivity contribution is 7.50. The lowest BCUT2D eigenvalue weighted by atomic mass is 10.3. The predicted octanol–water partition coefficient (Wildman–Crippen LogP) is 1.13. The second-order valence-electron chi connectivity index (χ2n) is 3.14. The molecule has 0 aromatic heterocycles. The number of hydrogen-bond donors (Lipinski definition) is 1. The molecule has 0 amide bonds. The summed E-state index contributed by atoms with van der Waals surface area (Å²) >= 11 is 0. The van der Waals surface area contributed by atoms with Gasteiger partial charge in [0.15, 0.2) is 0 Å². The van der Waals surface area contributed by atoms with Gasteiger partial charge in [-0.05, 0) is 13.8 Å². The summed E-state index contributed by atoms with van der Waals surface area (Å²) in [6.45, 7) is 3.27. The fraction of sp³-hybridized carbons (Fsp3) is 0.714. The number of fused-ring (bicyclic) bond motifs is 1. The third-order valence-corrected chi connectivity index (χ3v) is 3.43. The molecule has 6 nitrogen and oxygen atoms in total. The van der Waals surface area contributed by atoms with Crippen LogP contribution >= 0.6 is 7.82 Å². The lowest BCUT2D eigenvalue weighted by molar-refractivity contribution is -0.403. The van der Waals surface area contributed by atoms with Crippen LogP contribution in [0, 0.1) is 0 Å². The third-order valence-electron chi connectivity index (χ3n) is 1.93. The fourth-order valence-corrected chi connectivity index (χ4v) is 2.89. The zero-order valence-electron chi connectivity index (χ0n) is 7.80. The van der Waals surface area contributed by atoms with Gasteiger partial charge in [0, 0.05) is 0 Å². The minimum Gasteiger partial charge on any atom is -0.359 e. The van der Waals surface area contributed by atoms with Crippen molar-refractivity contribution in [2.24, 2.45) is 0 Å². The minimum absolute atomic E-state index is 0.177. The van der Waals surface area contributed by atoms with Crippen molar-refractivity contribution < 1.29 is 28.0 Å². The molecule has 0 radical (unpaired) electrons. The first-order chi connectivity index (χ1) is 6.43. The maximum absolute atomic E-state index is 11.2. The van der Waals surface area contributed by atoms with E-state index in [4.69, 9.17) is 13.8 Å². The minimum atomic E-state index is -3.53. The van der Waals surface area contributed by atoms with Crippen LogP contribution in [0.5, 0.6) is 0 Å². The quantitative estimate of drug-likeness (QED) is 0.569. The Kier molecular flexibility index (Phi) is 2.12. The van der Waals surface area contributed by atoms with E-state index in [1.807, 2.05) is 6.92 Å². The van der Waals surface area contributed by atoms with Gasteiger partial charge in [-0.1, -0.05) is 12.2 Å². The van der Waals surface area contributed by atoms with Gasteiger partial charge in [-0.3, -0.25) is 0 Å². The van der Waals surface area contributed by atoms with Gasteiger partial charge in [-0.15, -0.1) is 0 Å². The SMILES string of the molecule is C/C=C/COC12OP(=O)(OC1(C)O)O2. The Morgan fingerprint density at radius 1 is 1.50 bits per heavy atom. The van der Waals surface area contributed by atoms with Crippen molar-refractivity contribution in [3.63, 3.8) is 0 Å². The van der Waals surface area contributed by atoms with Gasteiger partial charge in [-0.2, -0.15) is 0 Å². The van der Waals surface area contributed by atoms with Crippen LogP contribution in [0.1, 0.15) is 13.8 Å². The van der Waals surface area contributed by atoms with Gasteiger partial charge in [0.25, 0.3) is 5.79 Å². The predicted molar refractivity (Wildman–Crippen MR) is 45.0 cm³/mol. The highest BCUT2D eigenvalue weighted by Crippen LogP contribution is 2.77. The number of phosphoric acid groups is 1. The van der Waals surface area contributed by atoms with Gasteiger partial charge in [0.2, 0.25) is 0 Å². The van der Waals surface area contributed by atoms with Gasteiger partial charge >= 0.3 is 13.8 Å². The van der Waals surface area contributed by atoms with Crippen LogP contribution < -0.4 is 0 Å². The fourth-order valence-electron chi connectivity index (χ4n) is 1.22. The molecule has 3 aliphatic heterocycles. The van der Waals surface area contributed by atoms with E-state index in [0.29, 0.717) is 0 Å². The molecule has 0 aromatic carbocycles. The molecule has 3 saturated heterocycles. The van der Waals surface area contributed by atoms with E-state index in [9.17, 15) is 9.67 Å². The molecule has 1 atom stereocenters. The summed E-state index contributed by atoms with van der Waals surface area (Å²) in [5.74, 6) is -3.56. The van der Waals surface area contributed by atoms with Crippen LogP contribution in [0.25, 0.3) is 0 Å². The van der Waals surface area contributed by atoms with E-state index >= 15 is 0 Å². The first-order valence-corrected chi connectivity index (χ1v) is 5.59. The molecule has 7 heteroatoms. The van der Waals surface area contributed by atoms with Crippen molar-refractivity contribution in [2.45, 2.75) is 25.6 Å². The third kappa shape index (κ3) is 1.27. The van der Waals surface area contributed by atoms with E-state index in [0.717, 1.165) is 0 Å². The van der Waals surface area contributed by atoms with Crippen LogP contribution in [-0.4, -0.2) is 23.5 Å². The second kappa shape index (κ2) is 2.88. The monoisotopic (exact) mass is 222 g/mol. The lowest BCUT2D eigenvalue weighted by Crippen LogP contribution is -2.54. The van der Waals surface area contributed by atoms with E-state index in [2.05, 4.69) is 4.52 Å². The Balaban J connectivity index is 2.08. The summed E-state index contributed by atoms with van der Waals surface area (Å²) in [4.78, 5) is 0. The standard InChI is InChI=1S/C7H11O6P/c1-3-4-5-10-7-6(2,8)11-14(9,12-7)13-7/h3-4,8H,5H2,1-2H3/b4-3+. The number of rotatable bonds is 3. The molecule has 0 spiro atoms. The van der Waals surface area contributed by atoms with Gasteiger partial charge in [0.1, 0.15) is 0 Å². The van der Waals surface area contributed by atoms with Gasteiger partial charge in [-0.25, -0.2) is 18.1 Å². The van der Waals surface area contributed by atoms with Crippen molar-refractivity contribution in [3.8, 4) is 0 Å². The van der Waals surface area contributed by atoms with Crippen molar-refractivity contribution in [1.82, 2.24) is 0 Å².